The summed E-state index contributed by atoms with van der Waals surface area (Å²) < 4.78 is 0. The predicted octanol–water partition coefficient (Wildman–Crippen LogP) is 1.52. The molecule has 0 aromatic heterocycles. The molecular weight excluding hydrogens is 160 g/mol. The molecule has 0 spiro atoms. The quantitative estimate of drug-likeness (QED) is 0.691. The Balaban J connectivity index is 1.56. The molecule has 2 N–H and O–H groups in total. The Morgan fingerprint density at radius 1 is 1.31 bits per heavy atom. The Labute approximate surface area is 81.5 Å². The normalized spacial score (nSPS) is 39.9. The second kappa shape index (κ2) is 4.43. The van der Waals surface area contributed by atoms with Gasteiger partial charge in [0.25, 0.3) is 0 Å². The van der Waals surface area contributed by atoms with Gasteiger partial charge >= 0.3 is 0 Å². The van der Waals surface area contributed by atoms with Crippen LogP contribution >= 0.6 is 0 Å². The van der Waals surface area contributed by atoms with Crippen LogP contribution in [0.3, 0.4) is 0 Å². The number of piperidine rings is 1. The number of rotatable bonds is 3. The van der Waals surface area contributed by atoms with Gasteiger partial charge in [0.2, 0.25) is 0 Å². The molecule has 2 aliphatic rings. The van der Waals surface area contributed by atoms with E-state index in [0.29, 0.717) is 0 Å². The van der Waals surface area contributed by atoms with Crippen molar-refractivity contribution >= 4 is 0 Å². The van der Waals surface area contributed by atoms with Crippen molar-refractivity contribution in [2.75, 3.05) is 13.1 Å². The molecule has 1 heterocycles. The van der Waals surface area contributed by atoms with Crippen molar-refractivity contribution in [3.63, 3.8) is 0 Å². The fraction of sp³-hybridized carbons (Fsp3) is 1.00. The summed E-state index contributed by atoms with van der Waals surface area (Å²) in [7, 11) is 0. The first-order valence-corrected chi connectivity index (χ1v) is 5.81. The summed E-state index contributed by atoms with van der Waals surface area (Å²) in [6.45, 7) is 4.77. The molecule has 0 aromatic rings. The first-order chi connectivity index (χ1) is 6.34. The highest BCUT2D eigenvalue weighted by Crippen LogP contribution is 2.26. The highest BCUT2D eigenvalue weighted by Gasteiger charge is 2.25. The van der Waals surface area contributed by atoms with E-state index in [0.717, 1.165) is 18.0 Å². The largest absolute Gasteiger partial charge is 0.313 e. The fourth-order valence-electron chi connectivity index (χ4n) is 2.48. The van der Waals surface area contributed by atoms with Crippen molar-refractivity contribution in [1.29, 1.82) is 0 Å². The molecule has 2 nitrogen and oxygen atoms in total. The van der Waals surface area contributed by atoms with E-state index in [4.69, 9.17) is 0 Å². The van der Waals surface area contributed by atoms with Crippen LogP contribution < -0.4 is 10.6 Å². The maximum atomic E-state index is 3.66. The smallest absolute Gasteiger partial charge is 0.0192 e. The molecule has 1 aliphatic carbocycles. The summed E-state index contributed by atoms with van der Waals surface area (Å²) in [5, 5.41) is 7.23. The summed E-state index contributed by atoms with van der Waals surface area (Å²) in [5.74, 6) is 0.969. The maximum Gasteiger partial charge on any atom is 0.0192 e. The van der Waals surface area contributed by atoms with Gasteiger partial charge in [-0.2, -0.15) is 0 Å². The summed E-state index contributed by atoms with van der Waals surface area (Å²) in [5.41, 5.74) is 0. The van der Waals surface area contributed by atoms with Crippen LogP contribution in [0.15, 0.2) is 0 Å². The minimum atomic E-state index is 0.754. The highest BCUT2D eigenvalue weighted by atomic mass is 15.0. The lowest BCUT2D eigenvalue weighted by Gasteiger charge is -2.35. The van der Waals surface area contributed by atoms with Gasteiger partial charge in [-0.1, -0.05) is 13.3 Å². The summed E-state index contributed by atoms with van der Waals surface area (Å²) in [6, 6.07) is 1.59. The third-order valence-electron chi connectivity index (χ3n) is 3.44. The van der Waals surface area contributed by atoms with Crippen molar-refractivity contribution < 1.29 is 0 Å². The van der Waals surface area contributed by atoms with Crippen molar-refractivity contribution in [2.24, 2.45) is 5.92 Å². The molecule has 0 unspecified atom stereocenters. The Kier molecular flexibility index (Phi) is 3.23. The summed E-state index contributed by atoms with van der Waals surface area (Å²) in [6.07, 6.45) is 6.95. The third kappa shape index (κ3) is 2.68. The van der Waals surface area contributed by atoms with Crippen LogP contribution in [0.1, 0.15) is 39.0 Å². The van der Waals surface area contributed by atoms with Crippen LogP contribution in [-0.2, 0) is 0 Å². The van der Waals surface area contributed by atoms with Gasteiger partial charge in [0, 0.05) is 18.6 Å². The number of nitrogens with one attached hydrogen (secondary N) is 2. The first kappa shape index (κ1) is 9.47. The van der Waals surface area contributed by atoms with E-state index in [1.165, 1.54) is 45.2 Å². The van der Waals surface area contributed by atoms with Crippen LogP contribution in [-0.4, -0.2) is 25.2 Å². The van der Waals surface area contributed by atoms with Gasteiger partial charge in [0.1, 0.15) is 0 Å². The summed E-state index contributed by atoms with van der Waals surface area (Å²) >= 11 is 0. The van der Waals surface area contributed by atoms with Crippen LogP contribution in [0.25, 0.3) is 0 Å². The van der Waals surface area contributed by atoms with Crippen molar-refractivity contribution in [3.05, 3.63) is 0 Å². The van der Waals surface area contributed by atoms with Crippen molar-refractivity contribution in [3.8, 4) is 0 Å². The zero-order valence-electron chi connectivity index (χ0n) is 8.68. The Morgan fingerprint density at radius 3 is 2.77 bits per heavy atom. The van der Waals surface area contributed by atoms with Gasteiger partial charge in [-0.3, -0.25) is 0 Å². The van der Waals surface area contributed by atoms with Crippen LogP contribution in [0.4, 0.5) is 0 Å². The van der Waals surface area contributed by atoms with Gasteiger partial charge < -0.3 is 10.6 Å². The first-order valence-electron chi connectivity index (χ1n) is 5.81. The van der Waals surface area contributed by atoms with E-state index in [-0.39, 0.29) is 0 Å². The molecule has 0 radical (unpaired) electrons. The van der Waals surface area contributed by atoms with Crippen molar-refractivity contribution in [1.82, 2.24) is 10.6 Å². The molecule has 2 fully saturated rings. The molecule has 0 aromatic carbocycles. The van der Waals surface area contributed by atoms with Crippen LogP contribution in [0, 0.1) is 5.92 Å². The molecule has 1 saturated carbocycles. The molecule has 1 atom stereocenters. The maximum absolute atomic E-state index is 3.66. The van der Waals surface area contributed by atoms with Crippen molar-refractivity contribution in [2.45, 2.75) is 51.1 Å². The Morgan fingerprint density at radius 2 is 2.15 bits per heavy atom. The third-order valence-corrected chi connectivity index (χ3v) is 3.44. The molecule has 76 valence electrons. The average Bonchev–Trinajstić information content (AvgIpc) is 2.12. The zero-order chi connectivity index (χ0) is 9.10. The van der Waals surface area contributed by atoms with Gasteiger partial charge in [-0.25, -0.2) is 0 Å². The van der Waals surface area contributed by atoms with Crippen LogP contribution in [0.2, 0.25) is 0 Å². The van der Waals surface area contributed by atoms with E-state index in [9.17, 15) is 0 Å². The molecule has 2 heteroatoms. The Bertz CT molecular complexity index is 146. The number of hydrogen-bond donors (Lipinski definition) is 2. The van der Waals surface area contributed by atoms with Crippen LogP contribution in [0.5, 0.6) is 0 Å². The molecule has 1 aliphatic heterocycles. The molecule has 2 rings (SSSR count). The summed E-state index contributed by atoms with van der Waals surface area (Å²) in [4.78, 5) is 0. The van der Waals surface area contributed by atoms with Gasteiger partial charge in [0.15, 0.2) is 0 Å². The minimum absolute atomic E-state index is 0.754. The van der Waals surface area contributed by atoms with E-state index in [1.807, 2.05) is 0 Å². The van der Waals surface area contributed by atoms with E-state index >= 15 is 0 Å². The standard InChI is InChI=1S/C11H22N2/c1-9-6-11(7-9)13-8-10-4-2-3-5-12-10/h9-13H,2-8H2,1H3/t9?,10-,11?/m0/s1. The van der Waals surface area contributed by atoms with E-state index in [2.05, 4.69) is 17.6 Å². The lowest BCUT2D eigenvalue weighted by Crippen LogP contribution is -2.48. The second-order valence-electron chi connectivity index (χ2n) is 4.83. The monoisotopic (exact) mass is 182 g/mol. The van der Waals surface area contributed by atoms with Gasteiger partial charge in [-0.15, -0.1) is 0 Å². The Hall–Kier alpha value is -0.0800. The van der Waals surface area contributed by atoms with Gasteiger partial charge in [0.05, 0.1) is 0 Å². The fourth-order valence-corrected chi connectivity index (χ4v) is 2.48. The number of hydrogen-bond acceptors (Lipinski definition) is 2. The average molecular weight is 182 g/mol. The van der Waals surface area contributed by atoms with E-state index < -0.39 is 0 Å². The lowest BCUT2D eigenvalue weighted by molar-refractivity contribution is 0.229. The SMILES string of the molecule is CC1CC(NC[C@@H]2CCCCN2)C1. The minimum Gasteiger partial charge on any atom is -0.313 e. The molecule has 1 saturated heterocycles. The highest BCUT2D eigenvalue weighted by molar-refractivity contribution is 4.84. The molecule has 0 bridgehead atoms. The predicted molar refractivity (Wildman–Crippen MR) is 55.8 cm³/mol. The van der Waals surface area contributed by atoms with Gasteiger partial charge in [-0.05, 0) is 38.1 Å². The lowest BCUT2D eigenvalue weighted by atomic mass is 9.82. The second-order valence-corrected chi connectivity index (χ2v) is 4.83. The molecule has 0 amide bonds. The van der Waals surface area contributed by atoms with E-state index in [1.54, 1.807) is 0 Å². The topological polar surface area (TPSA) is 24.1 Å². The molecule has 13 heavy (non-hydrogen) atoms. The molecular formula is C11H22N2. The zero-order valence-corrected chi connectivity index (χ0v) is 8.68.